The molecule has 0 radical (unpaired) electrons. The minimum absolute atomic E-state index is 0.0217. The summed E-state index contributed by atoms with van der Waals surface area (Å²) in [4.78, 5) is 11.5. The van der Waals surface area contributed by atoms with Gasteiger partial charge < -0.3 is 9.84 Å². The van der Waals surface area contributed by atoms with E-state index in [4.69, 9.17) is 4.74 Å². The van der Waals surface area contributed by atoms with E-state index < -0.39 is 5.97 Å². The van der Waals surface area contributed by atoms with E-state index >= 15 is 0 Å². The van der Waals surface area contributed by atoms with Gasteiger partial charge >= 0.3 is 5.97 Å². The van der Waals surface area contributed by atoms with Crippen molar-refractivity contribution in [1.82, 2.24) is 0 Å². The molecule has 0 unspecified atom stereocenters. The first-order valence-corrected chi connectivity index (χ1v) is 4.54. The van der Waals surface area contributed by atoms with Gasteiger partial charge in [0.25, 0.3) is 0 Å². The number of aromatic hydroxyl groups is 1. The number of phenols is 1. The van der Waals surface area contributed by atoms with E-state index in [9.17, 15) is 9.90 Å². The zero-order chi connectivity index (χ0) is 10.7. The van der Waals surface area contributed by atoms with Gasteiger partial charge in [-0.2, -0.15) is 0 Å². The van der Waals surface area contributed by atoms with Gasteiger partial charge in [0.2, 0.25) is 0 Å². The van der Waals surface area contributed by atoms with Crippen molar-refractivity contribution in [3.63, 3.8) is 0 Å². The van der Waals surface area contributed by atoms with Gasteiger partial charge in [-0.15, -0.1) is 0 Å². The van der Waals surface area contributed by atoms with Gasteiger partial charge in [0.15, 0.2) is 0 Å². The van der Waals surface area contributed by atoms with Crippen molar-refractivity contribution in [3.05, 3.63) is 28.8 Å². The van der Waals surface area contributed by atoms with Crippen LogP contribution >= 0.6 is 0 Å². The molecule has 0 atom stereocenters. The molecule has 1 aromatic rings. The van der Waals surface area contributed by atoms with Crippen LogP contribution in [0.5, 0.6) is 5.75 Å². The molecule has 0 aromatic heterocycles. The van der Waals surface area contributed by atoms with Crippen molar-refractivity contribution < 1.29 is 14.6 Å². The summed E-state index contributed by atoms with van der Waals surface area (Å²) in [7, 11) is 0. The number of carbonyl (C=O) groups excluding carboxylic acids is 1. The third-order valence-corrected chi connectivity index (χ3v) is 2.19. The smallest absolute Gasteiger partial charge is 0.342 e. The summed E-state index contributed by atoms with van der Waals surface area (Å²) in [5.74, 6) is -0.488. The van der Waals surface area contributed by atoms with E-state index in [-0.39, 0.29) is 11.3 Å². The Bertz CT molecular complexity index is 356. The molecule has 0 heterocycles. The number of ether oxygens (including phenoxy) is 1. The van der Waals surface area contributed by atoms with Crippen LogP contribution < -0.4 is 0 Å². The van der Waals surface area contributed by atoms with Crippen LogP contribution in [0.3, 0.4) is 0 Å². The second kappa shape index (κ2) is 4.13. The highest BCUT2D eigenvalue weighted by molar-refractivity contribution is 5.94. The second-order valence-corrected chi connectivity index (χ2v) is 3.12. The van der Waals surface area contributed by atoms with E-state index in [0.717, 1.165) is 11.1 Å². The van der Waals surface area contributed by atoms with Crippen molar-refractivity contribution in [2.75, 3.05) is 6.61 Å². The normalized spacial score (nSPS) is 9.93. The molecule has 0 fully saturated rings. The van der Waals surface area contributed by atoms with Crippen LogP contribution in [0, 0.1) is 13.8 Å². The van der Waals surface area contributed by atoms with Crippen LogP contribution in [0.4, 0.5) is 0 Å². The number of carbonyl (C=O) groups is 1. The number of hydrogen-bond acceptors (Lipinski definition) is 3. The van der Waals surface area contributed by atoms with Crippen molar-refractivity contribution in [2.45, 2.75) is 20.8 Å². The lowest BCUT2D eigenvalue weighted by molar-refractivity contribution is 0.0522. The number of phenolic OH excluding ortho intramolecular Hbond substituents is 1. The maximum Gasteiger partial charge on any atom is 0.342 e. The number of hydrogen-bond donors (Lipinski definition) is 1. The van der Waals surface area contributed by atoms with Crippen molar-refractivity contribution >= 4 is 5.97 Å². The Hall–Kier alpha value is -1.51. The van der Waals surface area contributed by atoms with E-state index in [2.05, 4.69) is 0 Å². The van der Waals surface area contributed by atoms with Gasteiger partial charge in [-0.25, -0.2) is 4.79 Å². The molecule has 0 aliphatic rings. The maximum atomic E-state index is 11.5. The lowest BCUT2D eigenvalue weighted by Crippen LogP contribution is -2.07. The minimum Gasteiger partial charge on any atom is -0.507 e. The van der Waals surface area contributed by atoms with Gasteiger partial charge in [0, 0.05) is 0 Å². The maximum absolute atomic E-state index is 11.5. The monoisotopic (exact) mass is 194 g/mol. The third-order valence-electron chi connectivity index (χ3n) is 2.19. The predicted octanol–water partition coefficient (Wildman–Crippen LogP) is 2.19. The molecule has 1 N–H and O–H groups in total. The third kappa shape index (κ3) is 1.87. The van der Waals surface area contributed by atoms with E-state index in [1.165, 1.54) is 6.07 Å². The molecule has 3 nitrogen and oxygen atoms in total. The Balaban J connectivity index is 3.18. The van der Waals surface area contributed by atoms with Crippen molar-refractivity contribution in [2.24, 2.45) is 0 Å². The highest BCUT2D eigenvalue weighted by Gasteiger charge is 2.16. The van der Waals surface area contributed by atoms with Crippen LogP contribution in [0.1, 0.15) is 28.4 Å². The summed E-state index contributed by atoms with van der Waals surface area (Å²) < 4.78 is 4.85. The van der Waals surface area contributed by atoms with Gasteiger partial charge in [-0.05, 0) is 38.0 Å². The second-order valence-electron chi connectivity index (χ2n) is 3.12. The standard InChI is InChI=1S/C11H14O3/c1-4-14-11(13)10-8(3)7(2)5-6-9(10)12/h5-6,12H,4H2,1-3H3. The Morgan fingerprint density at radius 2 is 2.07 bits per heavy atom. The Kier molecular flexibility index (Phi) is 3.12. The summed E-state index contributed by atoms with van der Waals surface area (Å²) in [6, 6.07) is 3.28. The molecule has 3 heteroatoms. The molecule has 0 saturated heterocycles. The first-order valence-electron chi connectivity index (χ1n) is 4.54. The highest BCUT2D eigenvalue weighted by Crippen LogP contribution is 2.24. The molecule has 14 heavy (non-hydrogen) atoms. The first-order chi connectivity index (χ1) is 6.57. The average molecular weight is 194 g/mol. The van der Waals surface area contributed by atoms with Gasteiger partial charge in [-0.1, -0.05) is 6.07 Å². The zero-order valence-corrected chi connectivity index (χ0v) is 8.63. The zero-order valence-electron chi connectivity index (χ0n) is 8.63. The molecule has 0 bridgehead atoms. The number of aryl methyl sites for hydroxylation is 1. The lowest BCUT2D eigenvalue weighted by atomic mass is 10.0. The van der Waals surface area contributed by atoms with Crippen molar-refractivity contribution in [1.29, 1.82) is 0 Å². The van der Waals surface area contributed by atoms with E-state index in [1.54, 1.807) is 19.9 Å². The van der Waals surface area contributed by atoms with Crippen molar-refractivity contribution in [3.8, 4) is 5.75 Å². The summed E-state index contributed by atoms with van der Waals surface area (Å²) >= 11 is 0. The van der Waals surface area contributed by atoms with Gasteiger partial charge in [0.05, 0.1) is 6.61 Å². The SMILES string of the molecule is CCOC(=O)c1c(O)ccc(C)c1C. The Morgan fingerprint density at radius 1 is 1.43 bits per heavy atom. The number of esters is 1. The van der Waals surface area contributed by atoms with Crippen LogP contribution in [0.15, 0.2) is 12.1 Å². The molecule has 0 saturated carbocycles. The number of rotatable bonds is 2. The van der Waals surface area contributed by atoms with Crippen LogP contribution in [-0.2, 0) is 4.74 Å². The first kappa shape index (κ1) is 10.6. The van der Waals surface area contributed by atoms with Crippen LogP contribution in [-0.4, -0.2) is 17.7 Å². The molecule has 1 aromatic carbocycles. The fourth-order valence-electron chi connectivity index (χ4n) is 1.26. The largest absolute Gasteiger partial charge is 0.507 e. The van der Waals surface area contributed by atoms with Gasteiger partial charge in [0.1, 0.15) is 11.3 Å². The molecule has 0 amide bonds. The fraction of sp³-hybridized carbons (Fsp3) is 0.364. The quantitative estimate of drug-likeness (QED) is 0.734. The lowest BCUT2D eigenvalue weighted by Gasteiger charge is -2.09. The molecule has 76 valence electrons. The molecule has 0 spiro atoms. The summed E-state index contributed by atoms with van der Waals surface area (Å²) in [5.41, 5.74) is 2.00. The van der Waals surface area contributed by atoms with E-state index in [1.807, 2.05) is 6.92 Å². The van der Waals surface area contributed by atoms with Gasteiger partial charge in [-0.3, -0.25) is 0 Å². The number of benzene rings is 1. The minimum atomic E-state index is -0.466. The topological polar surface area (TPSA) is 46.5 Å². The summed E-state index contributed by atoms with van der Waals surface area (Å²) in [5, 5.41) is 9.51. The molecular weight excluding hydrogens is 180 g/mol. The summed E-state index contributed by atoms with van der Waals surface area (Å²) in [6.07, 6.45) is 0. The van der Waals surface area contributed by atoms with Crippen LogP contribution in [0.25, 0.3) is 0 Å². The molecule has 1 rings (SSSR count). The Morgan fingerprint density at radius 3 is 2.64 bits per heavy atom. The fourth-order valence-corrected chi connectivity index (χ4v) is 1.26. The highest BCUT2D eigenvalue weighted by atomic mass is 16.5. The molecular formula is C11H14O3. The predicted molar refractivity (Wildman–Crippen MR) is 53.5 cm³/mol. The molecule has 0 aliphatic carbocycles. The average Bonchev–Trinajstić information content (AvgIpc) is 2.13. The molecule has 0 aliphatic heterocycles. The van der Waals surface area contributed by atoms with E-state index in [0.29, 0.717) is 6.61 Å². The summed E-state index contributed by atoms with van der Waals surface area (Å²) in [6.45, 7) is 5.73. The van der Waals surface area contributed by atoms with Crippen LogP contribution in [0.2, 0.25) is 0 Å². The Labute approximate surface area is 83.3 Å².